The lowest BCUT2D eigenvalue weighted by atomic mass is 10.6. The van der Waals surface area contributed by atoms with Crippen LogP contribution >= 0.6 is 24.4 Å². The van der Waals surface area contributed by atoms with Gasteiger partial charge in [0.15, 0.2) is 10.2 Å². The van der Waals surface area contributed by atoms with Crippen LogP contribution in [-0.4, -0.2) is 54.6 Å². The van der Waals surface area contributed by atoms with E-state index in [0.29, 0.717) is 15.9 Å². The van der Waals surface area contributed by atoms with Gasteiger partial charge in [0, 0.05) is 28.2 Å². The summed E-state index contributed by atoms with van der Waals surface area (Å²) >= 11 is 10.0. The topological polar surface area (TPSA) is 54.9 Å². The van der Waals surface area contributed by atoms with E-state index in [9.17, 15) is 0 Å². The molecule has 0 aliphatic rings. The van der Waals surface area contributed by atoms with Crippen LogP contribution in [0.15, 0.2) is 17.4 Å². The highest BCUT2D eigenvalue weighted by Crippen LogP contribution is 1.88. The summed E-state index contributed by atoms with van der Waals surface area (Å²) in [4.78, 5) is 0. The molecular weight excluding hydrogens is 256 g/mol. The third-order valence-electron chi connectivity index (χ3n) is 1.72. The summed E-state index contributed by atoms with van der Waals surface area (Å²) in [5.41, 5.74) is 3.53. The van der Waals surface area contributed by atoms with Gasteiger partial charge in [0.25, 0.3) is 0 Å². The van der Waals surface area contributed by atoms with Crippen LogP contribution < -0.4 is 16.1 Å². The largest absolute Gasteiger partial charge is 0.364 e. The third-order valence-corrected chi connectivity index (χ3v) is 2.67. The minimum atomic E-state index is 0.521. The SMILES string of the molecule is C=C(/C=N\N(C)C(=S)NC)NN(C)C(=S)NC. The van der Waals surface area contributed by atoms with Crippen molar-refractivity contribution in [3.8, 4) is 0 Å². The van der Waals surface area contributed by atoms with E-state index in [-0.39, 0.29) is 0 Å². The van der Waals surface area contributed by atoms with E-state index in [1.165, 1.54) is 5.01 Å². The van der Waals surface area contributed by atoms with Gasteiger partial charge < -0.3 is 10.6 Å². The molecule has 0 bridgehead atoms. The fourth-order valence-electron chi connectivity index (χ4n) is 0.833. The number of nitrogens with zero attached hydrogens (tertiary/aromatic N) is 3. The number of hydrogen-bond donors (Lipinski definition) is 3. The lowest BCUT2D eigenvalue weighted by Crippen LogP contribution is -2.43. The zero-order valence-electron chi connectivity index (χ0n) is 10.4. The molecule has 8 heteroatoms. The molecule has 17 heavy (non-hydrogen) atoms. The Morgan fingerprint density at radius 3 is 2.18 bits per heavy atom. The first kappa shape index (κ1) is 15.6. The van der Waals surface area contributed by atoms with Crippen LogP contribution in [0.5, 0.6) is 0 Å². The van der Waals surface area contributed by atoms with E-state index >= 15 is 0 Å². The average molecular weight is 274 g/mol. The molecule has 0 heterocycles. The molecule has 0 aliphatic carbocycles. The fourth-order valence-corrected chi connectivity index (χ4v) is 0.926. The number of hydrazone groups is 1. The van der Waals surface area contributed by atoms with Crippen LogP contribution in [0, 0.1) is 0 Å². The number of thiocarbonyl (C=S) groups is 2. The van der Waals surface area contributed by atoms with E-state index in [0.717, 1.165) is 0 Å². The summed E-state index contributed by atoms with van der Waals surface area (Å²) in [7, 11) is 7.00. The Labute approximate surface area is 113 Å². The van der Waals surface area contributed by atoms with E-state index in [1.807, 2.05) is 0 Å². The number of nitrogens with one attached hydrogen (secondary N) is 3. The predicted molar refractivity (Wildman–Crippen MR) is 79.6 cm³/mol. The van der Waals surface area contributed by atoms with E-state index in [1.54, 1.807) is 39.4 Å². The Balaban J connectivity index is 4.22. The Kier molecular flexibility index (Phi) is 7.15. The molecule has 0 atom stereocenters. The summed E-state index contributed by atoms with van der Waals surface area (Å²) < 4.78 is 0. The lowest BCUT2D eigenvalue weighted by molar-refractivity contribution is 0.420. The molecule has 0 radical (unpaired) electrons. The normalized spacial score (nSPS) is 9.65. The monoisotopic (exact) mass is 274 g/mol. The van der Waals surface area contributed by atoms with Crippen molar-refractivity contribution in [1.29, 1.82) is 0 Å². The Hall–Kier alpha value is -1.41. The Bertz CT molecular complexity index is 327. The van der Waals surface area contributed by atoms with Crippen molar-refractivity contribution in [3.05, 3.63) is 12.3 Å². The number of hydrazine groups is 1. The maximum atomic E-state index is 5.02. The third kappa shape index (κ3) is 6.03. The van der Waals surface area contributed by atoms with E-state index in [4.69, 9.17) is 24.4 Å². The molecule has 0 fully saturated rings. The summed E-state index contributed by atoms with van der Waals surface area (Å²) in [6, 6.07) is 0. The molecule has 6 nitrogen and oxygen atoms in total. The second kappa shape index (κ2) is 7.80. The minimum absolute atomic E-state index is 0.521. The van der Waals surface area contributed by atoms with Crippen molar-refractivity contribution < 1.29 is 0 Å². The van der Waals surface area contributed by atoms with Crippen LogP contribution in [0.1, 0.15) is 0 Å². The van der Waals surface area contributed by atoms with Crippen molar-refractivity contribution in [2.24, 2.45) is 5.10 Å². The highest BCUT2D eigenvalue weighted by atomic mass is 32.1. The zero-order chi connectivity index (χ0) is 13.4. The molecule has 96 valence electrons. The second-order valence-corrected chi connectivity index (χ2v) is 3.85. The molecule has 0 aromatic heterocycles. The standard InChI is InChI=1S/C9H18N6S2/c1-7(13-15(5)9(17)11-3)6-12-14(4)8(16)10-2/h6,13H,1H2,2-5H3,(H,10,16)(H,11,17)/b12-6-. The van der Waals surface area contributed by atoms with E-state index < -0.39 is 0 Å². The number of hydrogen-bond acceptors (Lipinski definition) is 4. The van der Waals surface area contributed by atoms with E-state index in [2.05, 4.69) is 27.7 Å². The number of rotatable bonds is 4. The van der Waals surface area contributed by atoms with Gasteiger partial charge in [0.2, 0.25) is 0 Å². The average Bonchev–Trinajstić information content (AvgIpc) is 2.33. The smallest absolute Gasteiger partial charge is 0.189 e. The second-order valence-electron chi connectivity index (χ2n) is 3.07. The molecule has 0 spiro atoms. The first-order valence-corrected chi connectivity index (χ1v) is 5.64. The molecule has 3 N–H and O–H groups in total. The minimum Gasteiger partial charge on any atom is -0.364 e. The highest BCUT2D eigenvalue weighted by Gasteiger charge is 2.01. The lowest BCUT2D eigenvalue weighted by Gasteiger charge is -2.21. The van der Waals surface area contributed by atoms with Crippen LogP contribution in [-0.2, 0) is 0 Å². The molecule has 0 unspecified atom stereocenters. The van der Waals surface area contributed by atoms with Crippen LogP contribution in [0.3, 0.4) is 0 Å². The summed E-state index contributed by atoms with van der Waals surface area (Å²) in [6.45, 7) is 3.79. The zero-order valence-corrected chi connectivity index (χ0v) is 12.1. The maximum absolute atomic E-state index is 5.02. The van der Waals surface area contributed by atoms with Gasteiger partial charge in [0.1, 0.15) is 0 Å². The van der Waals surface area contributed by atoms with Crippen molar-refractivity contribution in [3.63, 3.8) is 0 Å². The summed E-state index contributed by atoms with van der Waals surface area (Å²) in [5.74, 6) is 0. The summed E-state index contributed by atoms with van der Waals surface area (Å²) in [6.07, 6.45) is 1.55. The van der Waals surface area contributed by atoms with Gasteiger partial charge in [-0.25, -0.2) is 5.01 Å². The predicted octanol–water partition coefficient (Wildman–Crippen LogP) is -0.137. The molecule has 0 aromatic carbocycles. The quantitative estimate of drug-likeness (QED) is 0.375. The fraction of sp³-hybridized carbons (Fsp3) is 0.444. The number of allylic oxidation sites excluding steroid dienone is 1. The van der Waals surface area contributed by atoms with Crippen LogP contribution in [0.25, 0.3) is 0 Å². The van der Waals surface area contributed by atoms with Gasteiger partial charge in [-0.3, -0.25) is 10.4 Å². The van der Waals surface area contributed by atoms with Gasteiger partial charge in [-0.05, 0) is 24.4 Å². The molecule has 0 amide bonds. The molecule has 0 aliphatic heterocycles. The molecule has 0 rings (SSSR count). The van der Waals surface area contributed by atoms with Gasteiger partial charge in [-0.1, -0.05) is 6.58 Å². The first-order valence-electron chi connectivity index (χ1n) is 4.82. The van der Waals surface area contributed by atoms with Crippen molar-refractivity contribution in [1.82, 2.24) is 26.1 Å². The molecule has 0 saturated carbocycles. The van der Waals surface area contributed by atoms with Gasteiger partial charge >= 0.3 is 0 Å². The van der Waals surface area contributed by atoms with Crippen molar-refractivity contribution >= 4 is 40.9 Å². The van der Waals surface area contributed by atoms with Gasteiger partial charge in [-0.2, -0.15) is 5.10 Å². The summed E-state index contributed by atoms with van der Waals surface area (Å²) in [5, 5.41) is 14.0. The van der Waals surface area contributed by atoms with Crippen molar-refractivity contribution in [2.75, 3.05) is 28.2 Å². The molecule has 0 aromatic rings. The van der Waals surface area contributed by atoms with Crippen LogP contribution in [0.4, 0.5) is 0 Å². The first-order chi connectivity index (χ1) is 7.92. The van der Waals surface area contributed by atoms with Crippen molar-refractivity contribution in [2.45, 2.75) is 0 Å². The van der Waals surface area contributed by atoms with Gasteiger partial charge in [0.05, 0.1) is 11.9 Å². The van der Waals surface area contributed by atoms with Crippen LogP contribution in [0.2, 0.25) is 0 Å². The Morgan fingerprint density at radius 1 is 1.18 bits per heavy atom. The molecule has 0 saturated heterocycles. The Morgan fingerprint density at radius 2 is 1.71 bits per heavy atom. The highest BCUT2D eigenvalue weighted by molar-refractivity contribution is 7.80. The van der Waals surface area contributed by atoms with Gasteiger partial charge in [-0.15, -0.1) is 0 Å². The maximum Gasteiger partial charge on any atom is 0.189 e. The molecular formula is C9H18N6S2.